The van der Waals surface area contributed by atoms with Gasteiger partial charge in [0, 0.05) is 16.2 Å². The molecule has 1 heterocycles. The van der Waals surface area contributed by atoms with Crippen molar-refractivity contribution in [2.24, 2.45) is 0 Å². The van der Waals surface area contributed by atoms with Gasteiger partial charge in [-0.15, -0.1) is 0 Å². The number of aromatic nitrogens is 1. The Morgan fingerprint density at radius 3 is 2.57 bits per heavy atom. The lowest BCUT2D eigenvalue weighted by atomic mass is 9.97. The molecule has 6 heteroatoms. The van der Waals surface area contributed by atoms with Crippen molar-refractivity contribution in [2.45, 2.75) is 64.6 Å². The predicted octanol–water partition coefficient (Wildman–Crippen LogP) is 7.16. The van der Waals surface area contributed by atoms with E-state index in [-0.39, 0.29) is 6.10 Å². The molecule has 4 nitrogen and oxygen atoms in total. The van der Waals surface area contributed by atoms with Crippen LogP contribution in [-0.4, -0.2) is 30.0 Å². The molecule has 0 N–H and O–H groups in total. The second kappa shape index (κ2) is 11.4. The number of pyridine rings is 1. The Kier molecular flexibility index (Phi) is 8.95. The highest BCUT2D eigenvalue weighted by atomic mass is 35.5. The summed E-state index contributed by atoms with van der Waals surface area (Å²) in [4.78, 5) is 4.82. The lowest BCUT2D eigenvalue weighted by molar-refractivity contribution is 0.147. The molecule has 1 aliphatic rings. The summed E-state index contributed by atoms with van der Waals surface area (Å²) in [6.07, 6.45) is 5.15. The van der Waals surface area contributed by atoms with Gasteiger partial charge in [0.25, 0.3) is 0 Å². The molecule has 0 saturated heterocycles. The number of benzene rings is 1. The Hall–Kier alpha value is -1.19. The topological polar surface area (TPSA) is 40.6 Å². The summed E-state index contributed by atoms with van der Waals surface area (Å²) in [6, 6.07) is 9.94. The van der Waals surface area contributed by atoms with Crippen LogP contribution in [0.1, 0.15) is 50.8 Å². The van der Waals surface area contributed by atoms with Gasteiger partial charge in [-0.25, -0.2) is 4.98 Å². The smallest absolute Gasteiger partial charge is 0.173 e. The lowest BCUT2D eigenvalue weighted by Gasteiger charge is -2.33. The Morgan fingerprint density at radius 2 is 1.90 bits per heavy atom. The van der Waals surface area contributed by atoms with Crippen LogP contribution in [0, 0.1) is 13.8 Å². The molecule has 1 aromatic heterocycles. The van der Waals surface area contributed by atoms with E-state index in [1.54, 1.807) is 0 Å². The van der Waals surface area contributed by atoms with Gasteiger partial charge < -0.3 is 13.8 Å². The van der Waals surface area contributed by atoms with E-state index in [9.17, 15) is 0 Å². The first-order chi connectivity index (χ1) is 14.5. The molecule has 1 aliphatic carbocycles. The molecule has 0 amide bonds. The minimum Gasteiger partial charge on any atom is -0.489 e. The standard InChI is InChI=1S/C24H32ClNO3P/c1-5-18-15-19(25)11-12-22(18)23-13-14-24(17(4)26-23)29-20-9-8-10-21(16-20)30(27-6-2)28-7-3/h11-15,20-21H,1,5-10,16H2,2-4H3. The first-order valence-corrected chi connectivity index (χ1v) is 12.5. The third-order valence-corrected chi connectivity index (χ3v) is 7.68. The zero-order chi connectivity index (χ0) is 21.5. The summed E-state index contributed by atoms with van der Waals surface area (Å²) in [5.41, 5.74) is 4.42. The van der Waals surface area contributed by atoms with Crippen molar-refractivity contribution < 1.29 is 13.8 Å². The van der Waals surface area contributed by atoms with E-state index in [2.05, 4.69) is 6.92 Å². The van der Waals surface area contributed by atoms with Gasteiger partial charge in [-0.05, 0) is 89.6 Å². The first kappa shape index (κ1) is 23.5. The molecule has 1 fully saturated rings. The molecular weight excluding hydrogens is 417 g/mol. The van der Waals surface area contributed by atoms with Crippen molar-refractivity contribution in [1.82, 2.24) is 4.98 Å². The maximum atomic E-state index is 6.39. The molecule has 0 bridgehead atoms. The molecule has 1 saturated carbocycles. The summed E-state index contributed by atoms with van der Waals surface area (Å²) in [7, 11) is -0.844. The molecule has 1 aromatic carbocycles. The van der Waals surface area contributed by atoms with Crippen molar-refractivity contribution in [2.75, 3.05) is 13.2 Å². The van der Waals surface area contributed by atoms with E-state index in [0.717, 1.165) is 59.0 Å². The Bertz CT molecular complexity index is 826. The van der Waals surface area contributed by atoms with E-state index in [0.29, 0.717) is 25.3 Å². The van der Waals surface area contributed by atoms with Gasteiger partial charge in [0.2, 0.25) is 0 Å². The van der Waals surface area contributed by atoms with Crippen molar-refractivity contribution in [3.05, 3.63) is 53.5 Å². The molecule has 1 radical (unpaired) electrons. The summed E-state index contributed by atoms with van der Waals surface area (Å²) in [5.74, 6) is 0.853. The second-order valence-electron chi connectivity index (χ2n) is 7.51. The van der Waals surface area contributed by atoms with Gasteiger partial charge in [0.1, 0.15) is 5.75 Å². The van der Waals surface area contributed by atoms with Crippen LogP contribution in [0.25, 0.3) is 11.3 Å². The van der Waals surface area contributed by atoms with Gasteiger partial charge in [-0.1, -0.05) is 17.7 Å². The number of aryl methyl sites for hydroxylation is 1. The van der Waals surface area contributed by atoms with Crippen molar-refractivity contribution in [3.63, 3.8) is 0 Å². The fourth-order valence-corrected chi connectivity index (χ4v) is 5.94. The van der Waals surface area contributed by atoms with Crippen LogP contribution >= 0.6 is 20.0 Å². The Labute approximate surface area is 187 Å². The van der Waals surface area contributed by atoms with Crippen molar-refractivity contribution >= 4 is 20.0 Å². The average molecular weight is 449 g/mol. The molecule has 0 aliphatic heterocycles. The quantitative estimate of drug-likeness (QED) is 0.381. The van der Waals surface area contributed by atoms with Crippen LogP contribution in [0.4, 0.5) is 0 Å². The largest absolute Gasteiger partial charge is 0.489 e. The second-order valence-corrected chi connectivity index (χ2v) is 9.77. The SMILES string of the molecule is [CH2]Cc1cc(Cl)ccc1-c1ccc(OC2CCCC(P(OCC)OCC)C2)c(C)n1. The molecule has 3 rings (SSSR count). The monoisotopic (exact) mass is 448 g/mol. The van der Waals surface area contributed by atoms with Gasteiger partial charge in [-0.3, -0.25) is 0 Å². The minimum atomic E-state index is -0.844. The van der Waals surface area contributed by atoms with E-state index in [1.165, 1.54) is 0 Å². The third-order valence-electron chi connectivity index (χ3n) is 5.35. The third kappa shape index (κ3) is 5.95. The maximum Gasteiger partial charge on any atom is 0.173 e. The van der Waals surface area contributed by atoms with Crippen LogP contribution in [-0.2, 0) is 15.5 Å². The average Bonchev–Trinajstić information content (AvgIpc) is 2.75. The number of halogens is 1. The van der Waals surface area contributed by atoms with Gasteiger partial charge >= 0.3 is 0 Å². The van der Waals surface area contributed by atoms with Gasteiger partial charge in [0.05, 0.1) is 30.7 Å². The molecule has 0 spiro atoms. The molecule has 2 unspecified atom stereocenters. The van der Waals surface area contributed by atoms with Crippen LogP contribution in [0.2, 0.25) is 5.02 Å². The van der Waals surface area contributed by atoms with Crippen molar-refractivity contribution in [3.8, 4) is 17.0 Å². The van der Waals surface area contributed by atoms with E-state index in [1.807, 2.05) is 51.1 Å². The summed E-state index contributed by atoms with van der Waals surface area (Å²) >= 11 is 6.14. The minimum absolute atomic E-state index is 0.173. The molecule has 2 aromatic rings. The maximum absolute atomic E-state index is 6.39. The normalized spacial score (nSPS) is 19.3. The molecule has 163 valence electrons. The van der Waals surface area contributed by atoms with Crippen LogP contribution in [0.5, 0.6) is 5.75 Å². The van der Waals surface area contributed by atoms with E-state index >= 15 is 0 Å². The van der Waals surface area contributed by atoms with E-state index in [4.69, 9.17) is 30.4 Å². The number of rotatable bonds is 9. The number of ether oxygens (including phenoxy) is 1. The number of hydrogen-bond acceptors (Lipinski definition) is 4. The van der Waals surface area contributed by atoms with Crippen molar-refractivity contribution in [1.29, 1.82) is 0 Å². The Balaban J connectivity index is 1.71. The fraction of sp³-hybridized carbons (Fsp3) is 0.500. The summed E-state index contributed by atoms with van der Waals surface area (Å²) in [6.45, 7) is 11.5. The predicted molar refractivity (Wildman–Crippen MR) is 125 cm³/mol. The molecule has 30 heavy (non-hydrogen) atoms. The molecule has 2 atom stereocenters. The zero-order valence-corrected chi connectivity index (χ0v) is 19.8. The zero-order valence-electron chi connectivity index (χ0n) is 18.2. The summed E-state index contributed by atoms with van der Waals surface area (Å²) < 4.78 is 18.2. The van der Waals surface area contributed by atoms with E-state index < -0.39 is 8.38 Å². The van der Waals surface area contributed by atoms with Crippen LogP contribution in [0.3, 0.4) is 0 Å². The number of hydrogen-bond donors (Lipinski definition) is 0. The fourth-order valence-electron chi connectivity index (χ4n) is 3.94. The highest BCUT2D eigenvalue weighted by molar-refractivity contribution is 7.48. The Morgan fingerprint density at radius 1 is 1.13 bits per heavy atom. The van der Waals surface area contributed by atoms with Crippen LogP contribution < -0.4 is 4.74 Å². The molecular formula is C24H32ClNO3P. The highest BCUT2D eigenvalue weighted by Crippen LogP contribution is 2.50. The number of nitrogens with zero attached hydrogens (tertiary/aromatic N) is 1. The lowest BCUT2D eigenvalue weighted by Crippen LogP contribution is -2.28. The van der Waals surface area contributed by atoms with Gasteiger partial charge in [-0.2, -0.15) is 0 Å². The summed E-state index contributed by atoms with van der Waals surface area (Å²) in [5, 5.41) is 0.722. The highest BCUT2D eigenvalue weighted by Gasteiger charge is 2.31. The first-order valence-electron chi connectivity index (χ1n) is 10.8. The van der Waals surface area contributed by atoms with Gasteiger partial charge in [0.15, 0.2) is 8.38 Å². The van der Waals surface area contributed by atoms with Crippen LogP contribution in [0.15, 0.2) is 30.3 Å².